The van der Waals surface area contributed by atoms with E-state index in [9.17, 15) is 26.7 Å². The summed E-state index contributed by atoms with van der Waals surface area (Å²) in [6, 6.07) is 0.805. The van der Waals surface area contributed by atoms with Crippen LogP contribution in [0.15, 0.2) is 15.8 Å². The van der Waals surface area contributed by atoms with E-state index >= 15 is 0 Å². The highest BCUT2D eigenvalue weighted by Gasteiger charge is 2.44. The third-order valence-electron chi connectivity index (χ3n) is 7.62. The number of nitrogens with one attached hydrogen (secondary N) is 1. The van der Waals surface area contributed by atoms with Crippen molar-refractivity contribution in [2.45, 2.75) is 80.6 Å². The number of benzene rings is 1. The van der Waals surface area contributed by atoms with Crippen molar-refractivity contribution in [1.82, 2.24) is 14.9 Å². The fourth-order valence-corrected chi connectivity index (χ4v) is 7.52. The number of thioether (sulfide) groups is 1. The third kappa shape index (κ3) is 4.96. The molecule has 3 heterocycles. The SMILES string of the molecule is COC[C@H]1CSc2c(C3CCC(F)(F)CC3)c(C(F)(F)F)cc3c(N4C[C@@H](C)N[C@@H](C)C4)nc(=O)n1c23. The van der Waals surface area contributed by atoms with Crippen LogP contribution in [-0.2, 0) is 10.9 Å². The lowest BCUT2D eigenvalue weighted by molar-refractivity contribution is -0.138. The lowest BCUT2D eigenvalue weighted by Crippen LogP contribution is -2.55. The van der Waals surface area contributed by atoms with Crippen molar-refractivity contribution >= 4 is 28.5 Å². The van der Waals surface area contributed by atoms with Crippen molar-refractivity contribution in [2.24, 2.45) is 0 Å². The molecule has 1 aliphatic carbocycles. The molecule has 204 valence electrons. The lowest BCUT2D eigenvalue weighted by Gasteiger charge is -2.39. The van der Waals surface area contributed by atoms with Crippen molar-refractivity contribution in [2.75, 3.05) is 37.5 Å². The highest BCUT2D eigenvalue weighted by atomic mass is 32.2. The van der Waals surface area contributed by atoms with Crippen LogP contribution in [0.2, 0.25) is 0 Å². The van der Waals surface area contributed by atoms with Gasteiger partial charge in [0.25, 0.3) is 0 Å². The summed E-state index contributed by atoms with van der Waals surface area (Å²) >= 11 is 1.26. The topological polar surface area (TPSA) is 59.4 Å². The minimum absolute atomic E-state index is 0.0361. The molecule has 0 unspecified atom stereocenters. The van der Waals surface area contributed by atoms with E-state index in [1.807, 2.05) is 18.7 Å². The van der Waals surface area contributed by atoms with Crippen LogP contribution >= 0.6 is 11.8 Å². The van der Waals surface area contributed by atoms with E-state index in [-0.39, 0.29) is 48.3 Å². The predicted octanol–water partition coefficient (Wildman–Crippen LogP) is 5.19. The summed E-state index contributed by atoms with van der Waals surface area (Å²) in [6.45, 7) is 5.13. The van der Waals surface area contributed by atoms with E-state index < -0.39 is 48.2 Å². The van der Waals surface area contributed by atoms with Crippen LogP contribution < -0.4 is 15.9 Å². The molecule has 2 aromatic rings. The summed E-state index contributed by atoms with van der Waals surface area (Å²) in [5, 5.41) is 3.66. The van der Waals surface area contributed by atoms with Gasteiger partial charge in [0.2, 0.25) is 5.92 Å². The van der Waals surface area contributed by atoms with Gasteiger partial charge in [0.1, 0.15) is 5.82 Å². The highest BCUT2D eigenvalue weighted by molar-refractivity contribution is 7.99. The Hall–Kier alpha value is -1.92. The van der Waals surface area contributed by atoms with Gasteiger partial charge in [-0.3, -0.25) is 4.57 Å². The number of anilines is 1. The van der Waals surface area contributed by atoms with E-state index in [1.165, 1.54) is 23.4 Å². The molecule has 2 fully saturated rings. The number of rotatable bonds is 4. The van der Waals surface area contributed by atoms with Gasteiger partial charge >= 0.3 is 11.9 Å². The minimum Gasteiger partial charge on any atom is -0.383 e. The minimum atomic E-state index is -4.69. The van der Waals surface area contributed by atoms with Crippen LogP contribution in [0.1, 0.15) is 62.6 Å². The number of ether oxygens (including phenoxy) is 1. The molecule has 5 rings (SSSR count). The Morgan fingerprint density at radius 2 is 1.84 bits per heavy atom. The smallest absolute Gasteiger partial charge is 0.383 e. The maximum Gasteiger partial charge on any atom is 0.416 e. The van der Waals surface area contributed by atoms with Crippen molar-refractivity contribution in [1.29, 1.82) is 0 Å². The van der Waals surface area contributed by atoms with Crippen LogP contribution in [0, 0.1) is 0 Å². The second kappa shape index (κ2) is 9.68. The molecule has 37 heavy (non-hydrogen) atoms. The highest BCUT2D eigenvalue weighted by Crippen LogP contribution is 2.52. The summed E-state index contributed by atoms with van der Waals surface area (Å²) in [6.07, 6.45) is -5.66. The summed E-state index contributed by atoms with van der Waals surface area (Å²) < 4.78 is 78.5. The molecular weight excluding hydrogens is 515 g/mol. The number of alkyl halides is 5. The summed E-state index contributed by atoms with van der Waals surface area (Å²) in [5.74, 6) is -2.96. The Morgan fingerprint density at radius 3 is 2.43 bits per heavy atom. The molecule has 12 heteroatoms. The van der Waals surface area contributed by atoms with Gasteiger partial charge in [-0.1, -0.05) is 0 Å². The first-order valence-corrected chi connectivity index (χ1v) is 13.6. The Morgan fingerprint density at radius 1 is 1.19 bits per heavy atom. The van der Waals surface area contributed by atoms with E-state index in [1.54, 1.807) is 0 Å². The standard InChI is InChI=1S/C25H31F5N4O2S/c1-13-9-33(10-14(2)31-13)22-17-8-18(25(28,29)30)19(15-4-6-24(26,27)7-5-15)21-20(17)34(23(35)32-22)16(11-36-3)12-37-21/h8,13-16,31H,4-7,9-12H2,1-3H3/t13-,14+,16-/m0/s1. The number of halogens is 5. The van der Waals surface area contributed by atoms with E-state index in [4.69, 9.17) is 4.74 Å². The number of nitrogens with zero attached hydrogens (tertiary/aromatic N) is 3. The fraction of sp³-hybridized carbons (Fsp3) is 0.680. The number of hydrogen-bond donors (Lipinski definition) is 1. The van der Waals surface area contributed by atoms with Crippen molar-refractivity contribution < 1.29 is 26.7 Å². The maximum atomic E-state index is 14.6. The molecule has 3 atom stereocenters. The zero-order valence-electron chi connectivity index (χ0n) is 21.0. The largest absolute Gasteiger partial charge is 0.416 e. The molecule has 0 amide bonds. The molecule has 1 aromatic carbocycles. The molecule has 1 N–H and O–H groups in total. The molecule has 1 aromatic heterocycles. The zero-order chi connectivity index (χ0) is 26.7. The molecule has 0 spiro atoms. The van der Waals surface area contributed by atoms with Crippen LogP contribution in [0.3, 0.4) is 0 Å². The second-order valence-corrected chi connectivity index (χ2v) is 11.6. The normalized spacial score (nSPS) is 26.6. The molecular formula is C25H31F5N4O2S. The summed E-state index contributed by atoms with van der Waals surface area (Å²) in [5.41, 5.74) is -0.894. The van der Waals surface area contributed by atoms with Gasteiger partial charge in [-0.25, -0.2) is 13.6 Å². The Bertz CT molecular complexity index is 1230. The van der Waals surface area contributed by atoms with Crippen LogP contribution in [0.5, 0.6) is 0 Å². The zero-order valence-corrected chi connectivity index (χ0v) is 21.8. The average Bonchev–Trinajstić information content (AvgIpc) is 2.80. The van der Waals surface area contributed by atoms with E-state index in [0.29, 0.717) is 29.3 Å². The molecule has 3 aliphatic rings. The van der Waals surface area contributed by atoms with Crippen LogP contribution in [0.25, 0.3) is 10.9 Å². The van der Waals surface area contributed by atoms with Gasteiger partial charge in [-0.15, -0.1) is 11.8 Å². The summed E-state index contributed by atoms with van der Waals surface area (Å²) in [4.78, 5) is 20.0. The van der Waals surface area contributed by atoms with E-state index in [0.717, 1.165) is 6.07 Å². The second-order valence-electron chi connectivity index (χ2n) is 10.6. The molecule has 6 nitrogen and oxygen atoms in total. The number of hydrogen-bond acceptors (Lipinski definition) is 6. The first kappa shape index (κ1) is 26.7. The van der Waals surface area contributed by atoms with E-state index in [2.05, 4.69) is 10.3 Å². The van der Waals surface area contributed by atoms with Gasteiger partial charge in [0.05, 0.1) is 23.7 Å². The fourth-order valence-electron chi connectivity index (χ4n) is 6.14. The average molecular weight is 547 g/mol. The number of piperazine rings is 1. The van der Waals surface area contributed by atoms with Crippen molar-refractivity contribution in [3.63, 3.8) is 0 Å². The maximum absolute atomic E-state index is 14.6. The van der Waals surface area contributed by atoms with Crippen molar-refractivity contribution in [3.8, 4) is 0 Å². The first-order valence-electron chi connectivity index (χ1n) is 12.6. The number of methoxy groups -OCH3 is 1. The Balaban J connectivity index is 1.80. The Labute approximate surface area is 215 Å². The monoisotopic (exact) mass is 546 g/mol. The molecule has 0 bridgehead atoms. The molecule has 0 radical (unpaired) electrons. The summed E-state index contributed by atoms with van der Waals surface area (Å²) in [7, 11) is 1.51. The van der Waals surface area contributed by atoms with Gasteiger partial charge in [-0.05, 0) is 44.2 Å². The predicted molar refractivity (Wildman–Crippen MR) is 133 cm³/mol. The Kier molecular flexibility index (Phi) is 6.98. The molecule has 1 saturated carbocycles. The third-order valence-corrected chi connectivity index (χ3v) is 8.87. The van der Waals surface area contributed by atoms with Crippen molar-refractivity contribution in [3.05, 3.63) is 27.7 Å². The van der Waals surface area contributed by atoms with Gasteiger partial charge in [-0.2, -0.15) is 18.2 Å². The van der Waals surface area contributed by atoms with Crippen LogP contribution in [-0.4, -0.2) is 60.1 Å². The first-order chi connectivity index (χ1) is 17.4. The molecule has 1 saturated heterocycles. The lowest BCUT2D eigenvalue weighted by atomic mass is 9.79. The van der Waals surface area contributed by atoms with Gasteiger partial charge < -0.3 is 15.0 Å². The number of aromatic nitrogens is 2. The molecule has 2 aliphatic heterocycles. The van der Waals surface area contributed by atoms with Crippen LogP contribution in [0.4, 0.5) is 27.8 Å². The van der Waals surface area contributed by atoms with Gasteiger partial charge in [0.15, 0.2) is 0 Å². The van der Waals surface area contributed by atoms with Gasteiger partial charge in [0, 0.05) is 61.2 Å². The quantitative estimate of drug-likeness (QED) is 0.533.